The van der Waals surface area contributed by atoms with Crippen LogP contribution in [0.2, 0.25) is 0 Å². The number of allylic oxidation sites excluding steroid dienone is 2. The molecule has 2 rings (SSSR count). The van der Waals surface area contributed by atoms with Gasteiger partial charge >= 0.3 is 5.97 Å². The molecular weight excluding hydrogens is 249 g/mol. The van der Waals surface area contributed by atoms with Gasteiger partial charge < -0.3 is 10.4 Å². The first-order valence-electron chi connectivity index (χ1n) is 6.07. The molecule has 1 aromatic rings. The number of nitrogens with one attached hydrogen (secondary N) is 1. The third-order valence-corrected chi connectivity index (χ3v) is 3.13. The molecule has 2 N–H and O–H groups in total. The Morgan fingerprint density at radius 3 is 2.74 bits per heavy atom. The van der Waals surface area contributed by atoms with Gasteiger partial charge in [-0.3, -0.25) is 4.79 Å². The van der Waals surface area contributed by atoms with Crippen LogP contribution in [0, 0.1) is 11.7 Å². The van der Waals surface area contributed by atoms with Gasteiger partial charge in [-0.1, -0.05) is 18.2 Å². The van der Waals surface area contributed by atoms with E-state index in [0.29, 0.717) is 12.8 Å². The van der Waals surface area contributed by atoms with Crippen molar-refractivity contribution in [2.45, 2.75) is 19.3 Å². The SMILES string of the molecule is O=C(O)c1cccc(F)c1NC(=O)C1CC=CCC1. The van der Waals surface area contributed by atoms with Crippen molar-refractivity contribution in [3.8, 4) is 0 Å². The Balaban J connectivity index is 2.20. The lowest BCUT2D eigenvalue weighted by Gasteiger charge is -2.18. The Morgan fingerprint density at radius 2 is 2.11 bits per heavy atom. The molecule has 1 aliphatic rings. The van der Waals surface area contributed by atoms with Crippen LogP contribution in [-0.4, -0.2) is 17.0 Å². The lowest BCUT2D eigenvalue weighted by atomic mass is 9.93. The van der Waals surface area contributed by atoms with E-state index < -0.39 is 11.8 Å². The van der Waals surface area contributed by atoms with Crippen molar-refractivity contribution in [3.63, 3.8) is 0 Å². The smallest absolute Gasteiger partial charge is 0.337 e. The number of carbonyl (C=O) groups is 2. The zero-order chi connectivity index (χ0) is 13.8. The lowest BCUT2D eigenvalue weighted by Crippen LogP contribution is -2.25. The van der Waals surface area contributed by atoms with Crippen LogP contribution in [0.15, 0.2) is 30.4 Å². The number of para-hydroxylation sites is 1. The number of rotatable bonds is 3. The van der Waals surface area contributed by atoms with E-state index in [1.165, 1.54) is 12.1 Å². The summed E-state index contributed by atoms with van der Waals surface area (Å²) in [6.45, 7) is 0. The van der Waals surface area contributed by atoms with E-state index in [1.807, 2.05) is 12.2 Å². The number of carboxylic acid groups (broad SMARTS) is 1. The van der Waals surface area contributed by atoms with Crippen molar-refractivity contribution in [1.82, 2.24) is 0 Å². The van der Waals surface area contributed by atoms with Crippen LogP contribution in [0.3, 0.4) is 0 Å². The lowest BCUT2D eigenvalue weighted by molar-refractivity contribution is -0.120. The van der Waals surface area contributed by atoms with Gasteiger partial charge in [-0.2, -0.15) is 0 Å². The number of carboxylic acids is 1. The molecule has 100 valence electrons. The number of aromatic carboxylic acids is 1. The van der Waals surface area contributed by atoms with Gasteiger partial charge in [0, 0.05) is 5.92 Å². The average molecular weight is 263 g/mol. The molecule has 0 aromatic heterocycles. The monoisotopic (exact) mass is 263 g/mol. The maximum absolute atomic E-state index is 13.6. The summed E-state index contributed by atoms with van der Waals surface area (Å²) in [5.74, 6) is -2.57. The van der Waals surface area contributed by atoms with E-state index in [2.05, 4.69) is 5.32 Å². The molecule has 0 bridgehead atoms. The van der Waals surface area contributed by atoms with Crippen molar-refractivity contribution in [2.75, 3.05) is 5.32 Å². The third-order valence-electron chi connectivity index (χ3n) is 3.13. The van der Waals surface area contributed by atoms with Crippen molar-refractivity contribution >= 4 is 17.6 Å². The Hall–Kier alpha value is -2.17. The summed E-state index contributed by atoms with van der Waals surface area (Å²) in [4.78, 5) is 23.0. The average Bonchev–Trinajstić information content (AvgIpc) is 2.41. The van der Waals surface area contributed by atoms with E-state index in [4.69, 9.17) is 5.11 Å². The summed E-state index contributed by atoms with van der Waals surface area (Å²) in [6, 6.07) is 3.70. The highest BCUT2D eigenvalue weighted by Crippen LogP contribution is 2.24. The van der Waals surface area contributed by atoms with E-state index in [-0.39, 0.29) is 23.1 Å². The first-order valence-corrected chi connectivity index (χ1v) is 6.07. The van der Waals surface area contributed by atoms with Crippen LogP contribution >= 0.6 is 0 Å². The van der Waals surface area contributed by atoms with E-state index >= 15 is 0 Å². The predicted octanol–water partition coefficient (Wildman–Crippen LogP) is 2.82. The summed E-state index contributed by atoms with van der Waals surface area (Å²) in [5.41, 5.74) is -0.491. The van der Waals surface area contributed by atoms with Gasteiger partial charge in [-0.25, -0.2) is 9.18 Å². The van der Waals surface area contributed by atoms with Crippen LogP contribution < -0.4 is 5.32 Å². The first kappa shape index (κ1) is 13.3. The molecule has 1 aromatic carbocycles. The van der Waals surface area contributed by atoms with Crippen molar-refractivity contribution in [3.05, 3.63) is 41.7 Å². The molecule has 4 nitrogen and oxygen atoms in total. The van der Waals surface area contributed by atoms with Crippen LogP contribution in [-0.2, 0) is 4.79 Å². The molecule has 0 aliphatic heterocycles. The Morgan fingerprint density at radius 1 is 1.32 bits per heavy atom. The summed E-state index contributed by atoms with van der Waals surface area (Å²) in [6.07, 6.45) is 6.01. The molecule has 0 spiro atoms. The fraction of sp³-hybridized carbons (Fsp3) is 0.286. The quantitative estimate of drug-likeness (QED) is 0.824. The highest BCUT2D eigenvalue weighted by molar-refractivity contribution is 6.01. The van der Waals surface area contributed by atoms with Crippen LogP contribution in [0.5, 0.6) is 0 Å². The third kappa shape index (κ3) is 2.99. The standard InChI is InChI=1S/C14H14FNO3/c15-11-8-4-7-10(14(18)19)12(11)16-13(17)9-5-2-1-3-6-9/h1-2,4,7-9H,3,5-6H2,(H,16,17)(H,18,19). The minimum Gasteiger partial charge on any atom is -0.478 e. The van der Waals surface area contributed by atoms with E-state index in [1.54, 1.807) is 0 Å². The maximum Gasteiger partial charge on any atom is 0.337 e. The van der Waals surface area contributed by atoms with Gasteiger partial charge in [0.1, 0.15) is 5.82 Å². The molecule has 0 radical (unpaired) electrons. The van der Waals surface area contributed by atoms with Gasteiger partial charge in [-0.05, 0) is 31.4 Å². The minimum absolute atomic E-state index is 0.230. The molecule has 0 saturated carbocycles. The first-order chi connectivity index (χ1) is 9.09. The summed E-state index contributed by atoms with van der Waals surface area (Å²) >= 11 is 0. The number of benzene rings is 1. The van der Waals surface area contributed by atoms with Crippen LogP contribution in [0.4, 0.5) is 10.1 Å². The normalized spacial score (nSPS) is 18.1. The van der Waals surface area contributed by atoms with E-state index in [0.717, 1.165) is 12.5 Å². The molecule has 0 saturated heterocycles. The van der Waals surface area contributed by atoms with Crippen LogP contribution in [0.1, 0.15) is 29.6 Å². The molecule has 1 amide bonds. The summed E-state index contributed by atoms with van der Waals surface area (Å²) in [5, 5.41) is 11.4. The van der Waals surface area contributed by atoms with E-state index in [9.17, 15) is 14.0 Å². The zero-order valence-electron chi connectivity index (χ0n) is 10.2. The Bertz CT molecular complexity index is 539. The van der Waals surface area contributed by atoms with Gasteiger partial charge in [-0.15, -0.1) is 0 Å². The van der Waals surface area contributed by atoms with Gasteiger partial charge in [0.05, 0.1) is 11.3 Å². The highest BCUT2D eigenvalue weighted by atomic mass is 19.1. The second-order valence-corrected chi connectivity index (χ2v) is 4.44. The molecular formula is C14H14FNO3. The molecule has 0 fully saturated rings. The van der Waals surface area contributed by atoms with Crippen molar-refractivity contribution in [2.24, 2.45) is 5.92 Å². The molecule has 0 heterocycles. The van der Waals surface area contributed by atoms with Gasteiger partial charge in [0.25, 0.3) is 0 Å². The Kier molecular flexibility index (Phi) is 3.94. The van der Waals surface area contributed by atoms with Gasteiger partial charge in [0.15, 0.2) is 0 Å². The predicted molar refractivity (Wildman–Crippen MR) is 68.5 cm³/mol. The largest absolute Gasteiger partial charge is 0.478 e. The molecule has 1 unspecified atom stereocenters. The number of carbonyl (C=O) groups excluding carboxylic acids is 1. The number of anilines is 1. The summed E-state index contributed by atoms with van der Waals surface area (Å²) < 4.78 is 13.6. The topological polar surface area (TPSA) is 66.4 Å². The zero-order valence-corrected chi connectivity index (χ0v) is 10.2. The molecule has 1 aliphatic carbocycles. The fourth-order valence-corrected chi connectivity index (χ4v) is 2.09. The van der Waals surface area contributed by atoms with Gasteiger partial charge in [0.2, 0.25) is 5.91 Å². The fourth-order valence-electron chi connectivity index (χ4n) is 2.09. The number of hydrogen-bond donors (Lipinski definition) is 2. The minimum atomic E-state index is -1.27. The maximum atomic E-state index is 13.6. The molecule has 1 atom stereocenters. The van der Waals surface area contributed by atoms with Crippen molar-refractivity contribution < 1.29 is 19.1 Å². The summed E-state index contributed by atoms with van der Waals surface area (Å²) in [7, 11) is 0. The van der Waals surface area contributed by atoms with Crippen LogP contribution in [0.25, 0.3) is 0 Å². The number of hydrogen-bond acceptors (Lipinski definition) is 2. The van der Waals surface area contributed by atoms with Crippen molar-refractivity contribution in [1.29, 1.82) is 0 Å². The number of amides is 1. The second kappa shape index (κ2) is 5.65. The molecule has 19 heavy (non-hydrogen) atoms. The Labute approximate surface area is 109 Å². The molecule has 5 heteroatoms. The second-order valence-electron chi connectivity index (χ2n) is 4.44. The number of halogens is 1. The highest BCUT2D eigenvalue weighted by Gasteiger charge is 2.22.